The first-order chi connectivity index (χ1) is 10.1. The molecule has 112 valence electrons. The molecule has 0 aliphatic carbocycles. The van der Waals surface area contributed by atoms with E-state index in [1.54, 1.807) is 17.5 Å². The number of aromatic nitrogens is 2. The molecule has 1 N–H and O–H groups in total. The van der Waals surface area contributed by atoms with Crippen LogP contribution in [-0.4, -0.2) is 51.9 Å². The number of H-pyrrole nitrogens is 1. The molecule has 1 saturated heterocycles. The molecule has 1 fully saturated rings. The van der Waals surface area contributed by atoms with Crippen molar-refractivity contribution in [3.63, 3.8) is 0 Å². The predicted octanol–water partition coefficient (Wildman–Crippen LogP) is 2.05. The Balaban J connectivity index is 1.55. The lowest BCUT2D eigenvalue weighted by molar-refractivity contribution is 0.0627. The number of amides is 1. The van der Waals surface area contributed by atoms with Gasteiger partial charge >= 0.3 is 0 Å². The van der Waals surface area contributed by atoms with Crippen molar-refractivity contribution in [1.29, 1.82) is 0 Å². The lowest BCUT2D eigenvalue weighted by Crippen LogP contribution is -2.48. The van der Waals surface area contributed by atoms with Crippen molar-refractivity contribution < 1.29 is 4.79 Å². The van der Waals surface area contributed by atoms with Crippen molar-refractivity contribution in [2.75, 3.05) is 26.2 Å². The molecule has 0 spiro atoms. The van der Waals surface area contributed by atoms with Crippen LogP contribution in [0.3, 0.4) is 0 Å². The SMILES string of the molecule is Cc1nc(CN2CCN(C(=O)c3c[nH]cc3C)CC2)cs1. The van der Waals surface area contributed by atoms with Crippen molar-refractivity contribution >= 4 is 17.2 Å². The third-order valence-electron chi connectivity index (χ3n) is 3.89. The number of hydrogen-bond donors (Lipinski definition) is 1. The van der Waals surface area contributed by atoms with Gasteiger partial charge < -0.3 is 9.88 Å². The van der Waals surface area contributed by atoms with Crippen LogP contribution in [0.2, 0.25) is 0 Å². The van der Waals surface area contributed by atoms with E-state index in [9.17, 15) is 4.79 Å². The largest absolute Gasteiger partial charge is 0.367 e. The number of piperazine rings is 1. The van der Waals surface area contributed by atoms with Gasteiger partial charge in [-0.3, -0.25) is 9.69 Å². The second-order valence-corrected chi connectivity index (χ2v) is 6.54. The molecule has 0 unspecified atom stereocenters. The molecule has 0 saturated carbocycles. The fraction of sp³-hybridized carbons (Fsp3) is 0.467. The Kier molecular flexibility index (Phi) is 4.07. The highest BCUT2D eigenvalue weighted by molar-refractivity contribution is 7.09. The topological polar surface area (TPSA) is 52.2 Å². The van der Waals surface area contributed by atoms with Crippen molar-refractivity contribution in [3.05, 3.63) is 39.6 Å². The summed E-state index contributed by atoms with van der Waals surface area (Å²) in [7, 11) is 0. The minimum Gasteiger partial charge on any atom is -0.367 e. The van der Waals surface area contributed by atoms with Crippen LogP contribution in [0.15, 0.2) is 17.8 Å². The number of nitrogens with one attached hydrogen (secondary N) is 1. The zero-order valence-corrected chi connectivity index (χ0v) is 13.2. The van der Waals surface area contributed by atoms with Gasteiger partial charge in [0.15, 0.2) is 0 Å². The van der Waals surface area contributed by atoms with Gasteiger partial charge in [0, 0.05) is 50.5 Å². The fourth-order valence-electron chi connectivity index (χ4n) is 2.66. The van der Waals surface area contributed by atoms with Crippen molar-refractivity contribution in [3.8, 4) is 0 Å². The van der Waals surface area contributed by atoms with Gasteiger partial charge in [-0.1, -0.05) is 0 Å². The smallest absolute Gasteiger partial charge is 0.255 e. The number of carbonyl (C=O) groups excluding carboxylic acids is 1. The van der Waals surface area contributed by atoms with Crippen LogP contribution in [0.1, 0.15) is 26.6 Å². The summed E-state index contributed by atoms with van der Waals surface area (Å²) in [6.07, 6.45) is 3.66. The van der Waals surface area contributed by atoms with Crippen LogP contribution >= 0.6 is 11.3 Å². The number of thiazole rings is 1. The molecule has 3 heterocycles. The highest BCUT2D eigenvalue weighted by Gasteiger charge is 2.23. The molecule has 1 aliphatic rings. The van der Waals surface area contributed by atoms with E-state index in [1.165, 1.54) is 0 Å². The minimum absolute atomic E-state index is 0.137. The first kappa shape index (κ1) is 14.3. The Hall–Kier alpha value is -1.66. The Morgan fingerprint density at radius 1 is 1.29 bits per heavy atom. The minimum atomic E-state index is 0.137. The summed E-state index contributed by atoms with van der Waals surface area (Å²) in [5.74, 6) is 0.137. The van der Waals surface area contributed by atoms with E-state index in [2.05, 4.69) is 20.2 Å². The summed E-state index contributed by atoms with van der Waals surface area (Å²) in [6, 6.07) is 0. The average Bonchev–Trinajstić information content (AvgIpc) is 3.08. The lowest BCUT2D eigenvalue weighted by Gasteiger charge is -2.34. The van der Waals surface area contributed by atoms with Gasteiger partial charge in [-0.25, -0.2) is 4.98 Å². The zero-order chi connectivity index (χ0) is 14.8. The van der Waals surface area contributed by atoms with Gasteiger partial charge in [-0.15, -0.1) is 11.3 Å². The molecule has 0 radical (unpaired) electrons. The molecule has 0 aromatic carbocycles. The zero-order valence-electron chi connectivity index (χ0n) is 12.4. The first-order valence-corrected chi connectivity index (χ1v) is 8.07. The molecular weight excluding hydrogens is 284 g/mol. The number of rotatable bonds is 3. The number of nitrogens with zero attached hydrogens (tertiary/aromatic N) is 3. The summed E-state index contributed by atoms with van der Waals surface area (Å²) in [5, 5.41) is 3.23. The van der Waals surface area contributed by atoms with Gasteiger partial charge in [-0.05, 0) is 19.4 Å². The standard InChI is InChI=1S/C15H20N4OS/c1-11-7-16-8-14(11)15(20)19-5-3-18(4-6-19)9-13-10-21-12(2)17-13/h7-8,10,16H,3-6,9H2,1-2H3. The lowest BCUT2D eigenvalue weighted by atomic mass is 10.2. The maximum atomic E-state index is 12.4. The normalized spacial score (nSPS) is 16.4. The molecule has 3 rings (SSSR count). The molecule has 0 atom stereocenters. The van der Waals surface area contributed by atoms with E-state index in [0.717, 1.165) is 54.6 Å². The molecule has 0 bridgehead atoms. The van der Waals surface area contributed by atoms with Gasteiger partial charge in [0.25, 0.3) is 5.91 Å². The van der Waals surface area contributed by atoms with Gasteiger partial charge in [0.1, 0.15) is 0 Å². The van der Waals surface area contributed by atoms with Crippen molar-refractivity contribution in [2.45, 2.75) is 20.4 Å². The molecule has 2 aromatic heterocycles. The summed E-state index contributed by atoms with van der Waals surface area (Å²) in [6.45, 7) is 8.26. The Labute approximate surface area is 128 Å². The highest BCUT2D eigenvalue weighted by Crippen LogP contribution is 2.15. The molecule has 5 nitrogen and oxygen atoms in total. The van der Waals surface area contributed by atoms with Crippen LogP contribution in [-0.2, 0) is 6.54 Å². The van der Waals surface area contributed by atoms with Crippen LogP contribution in [0.25, 0.3) is 0 Å². The molecule has 6 heteroatoms. The van der Waals surface area contributed by atoms with E-state index in [4.69, 9.17) is 0 Å². The molecule has 2 aromatic rings. The van der Waals surface area contributed by atoms with Crippen LogP contribution in [0.5, 0.6) is 0 Å². The van der Waals surface area contributed by atoms with E-state index in [1.807, 2.05) is 24.9 Å². The fourth-order valence-corrected chi connectivity index (χ4v) is 3.27. The van der Waals surface area contributed by atoms with Crippen LogP contribution in [0, 0.1) is 13.8 Å². The van der Waals surface area contributed by atoms with E-state index in [-0.39, 0.29) is 5.91 Å². The van der Waals surface area contributed by atoms with Gasteiger partial charge in [-0.2, -0.15) is 0 Å². The molecule has 1 aliphatic heterocycles. The number of aromatic amines is 1. The third kappa shape index (κ3) is 3.16. The Morgan fingerprint density at radius 2 is 2.05 bits per heavy atom. The van der Waals surface area contributed by atoms with E-state index in [0.29, 0.717) is 0 Å². The second-order valence-electron chi connectivity index (χ2n) is 5.48. The summed E-state index contributed by atoms with van der Waals surface area (Å²) < 4.78 is 0. The Bertz CT molecular complexity index is 625. The Morgan fingerprint density at radius 3 is 2.62 bits per heavy atom. The number of aryl methyl sites for hydroxylation is 2. The van der Waals surface area contributed by atoms with E-state index >= 15 is 0 Å². The van der Waals surface area contributed by atoms with Crippen LogP contribution < -0.4 is 0 Å². The van der Waals surface area contributed by atoms with Gasteiger partial charge in [0.2, 0.25) is 0 Å². The highest BCUT2D eigenvalue weighted by atomic mass is 32.1. The predicted molar refractivity (Wildman–Crippen MR) is 83.6 cm³/mol. The van der Waals surface area contributed by atoms with Crippen molar-refractivity contribution in [2.24, 2.45) is 0 Å². The number of hydrogen-bond acceptors (Lipinski definition) is 4. The molecule has 1 amide bonds. The maximum Gasteiger partial charge on any atom is 0.255 e. The second kappa shape index (κ2) is 5.99. The molecule has 21 heavy (non-hydrogen) atoms. The number of carbonyl (C=O) groups is 1. The van der Waals surface area contributed by atoms with E-state index < -0.39 is 0 Å². The van der Waals surface area contributed by atoms with Crippen LogP contribution in [0.4, 0.5) is 0 Å². The van der Waals surface area contributed by atoms with Gasteiger partial charge in [0.05, 0.1) is 16.3 Å². The molecular formula is C15H20N4OS. The third-order valence-corrected chi connectivity index (χ3v) is 4.72. The summed E-state index contributed by atoms with van der Waals surface area (Å²) >= 11 is 1.69. The quantitative estimate of drug-likeness (QED) is 0.944. The summed E-state index contributed by atoms with van der Waals surface area (Å²) in [5.41, 5.74) is 2.94. The summed E-state index contributed by atoms with van der Waals surface area (Å²) in [4.78, 5) is 24.2. The first-order valence-electron chi connectivity index (χ1n) is 7.19. The average molecular weight is 304 g/mol. The van der Waals surface area contributed by atoms with Crippen molar-refractivity contribution in [1.82, 2.24) is 19.8 Å². The maximum absolute atomic E-state index is 12.4. The monoisotopic (exact) mass is 304 g/mol.